The van der Waals surface area contributed by atoms with Crippen molar-refractivity contribution >= 4 is 23.4 Å². The zero-order valence-corrected chi connectivity index (χ0v) is 25.6. The number of allylic oxidation sites excluding steroid dienone is 1. The molecule has 0 bridgehead atoms. The number of hydrogen-bond donors (Lipinski definition) is 0. The largest absolute Gasteiger partial charge is 0.466 e. The van der Waals surface area contributed by atoms with Gasteiger partial charge in [-0.05, 0) is 49.1 Å². The zero-order chi connectivity index (χ0) is 30.2. The van der Waals surface area contributed by atoms with Crippen molar-refractivity contribution < 1.29 is 9.53 Å². The summed E-state index contributed by atoms with van der Waals surface area (Å²) in [6, 6.07) is 25.5. The summed E-state index contributed by atoms with van der Waals surface area (Å²) in [5.41, 5.74) is 7.26. The van der Waals surface area contributed by atoms with Gasteiger partial charge in [0, 0.05) is 17.3 Å². The molecule has 216 valence electrons. The average Bonchev–Trinajstić information content (AvgIpc) is 3.57. The molecule has 1 unspecified atom stereocenters. The van der Waals surface area contributed by atoms with Crippen LogP contribution in [0.1, 0.15) is 55.0 Å². The molecule has 2 aromatic heterocycles. The summed E-state index contributed by atoms with van der Waals surface area (Å²) < 4.78 is 9.11. The molecule has 3 aromatic carbocycles. The lowest BCUT2D eigenvalue weighted by Gasteiger charge is -2.24. The van der Waals surface area contributed by atoms with Crippen LogP contribution >= 0.6 is 11.3 Å². The van der Waals surface area contributed by atoms with E-state index >= 15 is 0 Å². The number of fused-ring (bicyclic) bond motifs is 1. The smallest absolute Gasteiger partial charge is 0.338 e. The average molecular weight is 589 g/mol. The van der Waals surface area contributed by atoms with Crippen molar-refractivity contribution in [2.45, 2.75) is 39.7 Å². The lowest BCUT2D eigenvalue weighted by molar-refractivity contribution is -0.136. The number of rotatable bonds is 6. The summed E-state index contributed by atoms with van der Waals surface area (Å²) in [6.07, 6.45) is 3.82. The number of carbonyl (C=O) groups excluding carboxylic acids is 1. The summed E-state index contributed by atoms with van der Waals surface area (Å²) in [5.74, 6) is -0.146. The number of nitrogens with zero attached hydrogens (tertiary/aromatic N) is 4. The molecule has 43 heavy (non-hydrogen) atoms. The monoisotopic (exact) mass is 588 g/mol. The zero-order valence-electron chi connectivity index (χ0n) is 24.7. The number of thiazole rings is 1. The maximum atomic E-state index is 14.2. The van der Waals surface area contributed by atoms with E-state index in [1.165, 1.54) is 24.0 Å². The van der Waals surface area contributed by atoms with Crippen molar-refractivity contribution in [1.82, 2.24) is 14.3 Å². The fraction of sp³-hybridized carbons (Fsp3) is 0.200. The number of hydrogen-bond acceptors (Lipinski definition) is 6. The predicted molar refractivity (Wildman–Crippen MR) is 170 cm³/mol. The molecule has 0 saturated carbocycles. The molecular weight excluding hydrogens is 556 g/mol. The number of benzene rings is 3. The first-order valence-electron chi connectivity index (χ1n) is 14.2. The molecule has 7 nitrogen and oxygen atoms in total. The van der Waals surface area contributed by atoms with Gasteiger partial charge >= 0.3 is 5.97 Å². The molecule has 3 heterocycles. The van der Waals surface area contributed by atoms with Crippen LogP contribution in [0.25, 0.3) is 23.0 Å². The lowest BCUT2D eigenvalue weighted by Crippen LogP contribution is -2.39. The van der Waals surface area contributed by atoms with Gasteiger partial charge in [-0.25, -0.2) is 14.5 Å². The number of esters is 1. The van der Waals surface area contributed by atoms with E-state index in [1.807, 2.05) is 90.6 Å². The van der Waals surface area contributed by atoms with Gasteiger partial charge in [-0.15, -0.1) is 0 Å². The van der Waals surface area contributed by atoms with Gasteiger partial charge in [0.05, 0.1) is 40.3 Å². The number of aryl methyl sites for hydroxylation is 1. The SMILES string of the molecule is COC(=O)C1=C(C)N=c2s/c(=C/c3cn(-c4ccccc4)nc3-c3ccc(C)cc3)c(=O)n2C1c1ccc(C(C)C)cc1. The van der Waals surface area contributed by atoms with E-state index in [0.29, 0.717) is 26.5 Å². The van der Waals surface area contributed by atoms with Crippen LogP contribution in [0.4, 0.5) is 0 Å². The molecule has 0 radical (unpaired) electrons. The first-order chi connectivity index (χ1) is 20.7. The van der Waals surface area contributed by atoms with Gasteiger partial charge in [0.2, 0.25) is 0 Å². The van der Waals surface area contributed by atoms with Crippen LogP contribution in [-0.4, -0.2) is 27.4 Å². The van der Waals surface area contributed by atoms with Gasteiger partial charge in [-0.1, -0.05) is 97.5 Å². The first kappa shape index (κ1) is 28.3. The third-order valence-corrected chi connectivity index (χ3v) is 8.70. The molecule has 6 rings (SSSR count). The molecule has 0 N–H and O–H groups in total. The second-order valence-electron chi connectivity index (χ2n) is 11.0. The molecule has 0 fully saturated rings. The lowest BCUT2D eigenvalue weighted by atomic mass is 9.93. The van der Waals surface area contributed by atoms with Gasteiger partial charge in [0.25, 0.3) is 5.56 Å². The molecule has 0 saturated heterocycles. The maximum Gasteiger partial charge on any atom is 0.338 e. The molecular formula is C35H32N4O3S. The molecule has 1 aliphatic rings. The van der Waals surface area contributed by atoms with Crippen molar-refractivity contribution in [3.8, 4) is 16.9 Å². The van der Waals surface area contributed by atoms with Gasteiger partial charge < -0.3 is 4.74 Å². The van der Waals surface area contributed by atoms with Gasteiger partial charge in [0.1, 0.15) is 0 Å². The molecule has 0 amide bonds. The highest BCUT2D eigenvalue weighted by Crippen LogP contribution is 2.31. The molecule has 5 aromatic rings. The van der Waals surface area contributed by atoms with Crippen molar-refractivity contribution in [2.24, 2.45) is 4.99 Å². The molecule has 0 spiro atoms. The minimum atomic E-state index is -0.657. The molecule has 1 atom stereocenters. The van der Waals surface area contributed by atoms with E-state index < -0.39 is 12.0 Å². The second-order valence-corrected chi connectivity index (χ2v) is 12.0. The van der Waals surface area contributed by atoms with Crippen molar-refractivity contribution in [3.05, 3.63) is 138 Å². The van der Waals surface area contributed by atoms with E-state index in [0.717, 1.165) is 33.6 Å². The Hall–Kier alpha value is -4.82. The minimum absolute atomic E-state index is 0.224. The summed E-state index contributed by atoms with van der Waals surface area (Å²) in [5, 5.41) is 4.92. The van der Waals surface area contributed by atoms with E-state index in [1.54, 1.807) is 11.5 Å². The third-order valence-electron chi connectivity index (χ3n) is 7.72. The van der Waals surface area contributed by atoms with E-state index in [2.05, 4.69) is 26.0 Å². The summed E-state index contributed by atoms with van der Waals surface area (Å²) in [4.78, 5) is 32.5. The number of methoxy groups -OCH3 is 1. The normalized spacial score (nSPS) is 15.0. The fourth-order valence-electron chi connectivity index (χ4n) is 5.35. The van der Waals surface area contributed by atoms with Crippen molar-refractivity contribution in [1.29, 1.82) is 0 Å². The fourth-order valence-corrected chi connectivity index (χ4v) is 6.39. The Kier molecular flexibility index (Phi) is 7.54. The van der Waals surface area contributed by atoms with Crippen LogP contribution in [0.15, 0.2) is 106 Å². The summed E-state index contributed by atoms with van der Waals surface area (Å²) >= 11 is 1.30. The summed E-state index contributed by atoms with van der Waals surface area (Å²) in [6.45, 7) is 8.10. The number of aromatic nitrogens is 3. The van der Waals surface area contributed by atoms with Crippen molar-refractivity contribution in [2.75, 3.05) is 7.11 Å². The minimum Gasteiger partial charge on any atom is -0.466 e. The third kappa shape index (κ3) is 5.30. The molecule has 0 aliphatic carbocycles. The quantitative estimate of drug-likeness (QED) is 0.239. The van der Waals surface area contributed by atoms with Crippen LogP contribution in [-0.2, 0) is 9.53 Å². The maximum absolute atomic E-state index is 14.2. The Bertz CT molecular complexity index is 2030. The van der Waals surface area contributed by atoms with Crippen LogP contribution in [0.3, 0.4) is 0 Å². The Morgan fingerprint density at radius 2 is 1.67 bits per heavy atom. The van der Waals surface area contributed by atoms with Crippen LogP contribution in [0, 0.1) is 6.92 Å². The molecule has 8 heteroatoms. The van der Waals surface area contributed by atoms with E-state index in [9.17, 15) is 9.59 Å². The van der Waals surface area contributed by atoms with E-state index in [-0.39, 0.29) is 5.56 Å². The second kappa shape index (κ2) is 11.5. The topological polar surface area (TPSA) is 78.5 Å². The van der Waals surface area contributed by atoms with Crippen molar-refractivity contribution in [3.63, 3.8) is 0 Å². The number of para-hydroxylation sites is 1. The van der Waals surface area contributed by atoms with Gasteiger partial charge in [-0.2, -0.15) is 5.10 Å². The van der Waals surface area contributed by atoms with Crippen LogP contribution in [0.5, 0.6) is 0 Å². The highest BCUT2D eigenvalue weighted by atomic mass is 32.1. The van der Waals surface area contributed by atoms with Gasteiger partial charge in [0.15, 0.2) is 4.80 Å². The Morgan fingerprint density at radius 3 is 2.33 bits per heavy atom. The highest BCUT2D eigenvalue weighted by molar-refractivity contribution is 7.07. The Balaban J connectivity index is 1.55. The predicted octanol–water partition coefficient (Wildman–Crippen LogP) is 5.69. The Morgan fingerprint density at radius 1 is 0.977 bits per heavy atom. The van der Waals surface area contributed by atoms with Crippen LogP contribution in [0.2, 0.25) is 0 Å². The standard InChI is InChI=1S/C35H32N4O3S/c1-21(2)24-15-17-26(18-16-24)32-30(34(41)42-5)23(4)36-35-39(32)33(40)29(43-35)19-27-20-38(28-9-7-6-8-10-28)37-31(27)25-13-11-22(3)12-14-25/h6-21,32H,1-5H3/b29-19+. The highest BCUT2D eigenvalue weighted by Gasteiger charge is 2.33. The molecule has 1 aliphatic heterocycles. The summed E-state index contributed by atoms with van der Waals surface area (Å²) in [7, 11) is 1.35. The van der Waals surface area contributed by atoms with E-state index in [4.69, 9.17) is 14.8 Å². The first-order valence-corrected chi connectivity index (χ1v) is 15.0. The number of carbonyl (C=O) groups is 1. The van der Waals surface area contributed by atoms with Crippen LogP contribution < -0.4 is 14.9 Å². The van der Waals surface area contributed by atoms with Gasteiger partial charge in [-0.3, -0.25) is 9.36 Å². The number of ether oxygens (including phenoxy) is 1. The Labute approximate surface area is 253 Å².